The highest BCUT2D eigenvalue weighted by molar-refractivity contribution is 5.68. The second-order valence-electron chi connectivity index (χ2n) is 4.80. The topological polar surface area (TPSA) is 57.5 Å². The summed E-state index contributed by atoms with van der Waals surface area (Å²) in [4.78, 5) is 10.3. The lowest BCUT2D eigenvalue weighted by Crippen LogP contribution is -2.32. The van der Waals surface area contributed by atoms with Crippen LogP contribution in [0.3, 0.4) is 0 Å². The second kappa shape index (κ2) is 3.44. The highest BCUT2D eigenvalue weighted by atomic mass is 16.4. The van der Waals surface area contributed by atoms with Crippen LogP contribution in [-0.4, -0.2) is 21.8 Å². The largest absolute Gasteiger partial charge is 0.481 e. The Kier molecular flexibility index (Phi) is 3.27. The molecule has 0 fully saturated rings. The van der Waals surface area contributed by atoms with Crippen LogP contribution in [0.25, 0.3) is 0 Å². The van der Waals surface area contributed by atoms with Crippen LogP contribution in [0.15, 0.2) is 0 Å². The number of carbonyl (C=O) groups is 1. The lowest BCUT2D eigenvalue weighted by Gasteiger charge is -2.29. The Bertz CT molecular complexity index is 165. The van der Waals surface area contributed by atoms with Crippen LogP contribution in [0, 0.1) is 5.41 Å². The lowest BCUT2D eigenvalue weighted by molar-refractivity contribution is -0.142. The van der Waals surface area contributed by atoms with E-state index in [-0.39, 0.29) is 11.8 Å². The van der Waals surface area contributed by atoms with E-state index in [9.17, 15) is 9.90 Å². The van der Waals surface area contributed by atoms with Crippen molar-refractivity contribution in [1.29, 1.82) is 0 Å². The summed E-state index contributed by atoms with van der Waals surface area (Å²) < 4.78 is 0. The van der Waals surface area contributed by atoms with Crippen molar-refractivity contribution in [3.63, 3.8) is 0 Å². The highest BCUT2D eigenvalue weighted by Crippen LogP contribution is 2.28. The van der Waals surface area contributed by atoms with Crippen molar-refractivity contribution in [3.8, 4) is 0 Å². The third-order valence-electron chi connectivity index (χ3n) is 1.44. The average molecular weight is 174 g/mol. The molecule has 0 aromatic carbocycles. The molecule has 1 unspecified atom stereocenters. The van der Waals surface area contributed by atoms with Crippen molar-refractivity contribution in [2.45, 2.75) is 46.1 Å². The Morgan fingerprint density at radius 2 is 1.67 bits per heavy atom. The summed E-state index contributed by atoms with van der Waals surface area (Å²) in [5, 5.41) is 18.1. The van der Waals surface area contributed by atoms with Crippen molar-refractivity contribution in [1.82, 2.24) is 0 Å². The third-order valence-corrected chi connectivity index (χ3v) is 1.44. The monoisotopic (exact) mass is 174 g/mol. The molecule has 0 aliphatic heterocycles. The van der Waals surface area contributed by atoms with Crippen molar-refractivity contribution in [2.75, 3.05) is 0 Å². The smallest absolute Gasteiger partial charge is 0.306 e. The van der Waals surface area contributed by atoms with E-state index in [1.54, 1.807) is 6.92 Å². The molecule has 3 heteroatoms. The minimum atomic E-state index is -1.09. The molecule has 1 atom stereocenters. The molecule has 3 nitrogen and oxygen atoms in total. The summed E-state index contributed by atoms with van der Waals surface area (Å²) in [6, 6.07) is 0. The first-order chi connectivity index (χ1) is 5.12. The van der Waals surface area contributed by atoms with Gasteiger partial charge in [0.2, 0.25) is 0 Å². The maximum atomic E-state index is 10.3. The van der Waals surface area contributed by atoms with Crippen molar-refractivity contribution >= 4 is 5.97 Å². The quantitative estimate of drug-likeness (QED) is 0.684. The van der Waals surface area contributed by atoms with Crippen LogP contribution in [-0.2, 0) is 4.79 Å². The van der Waals surface area contributed by atoms with E-state index in [1.165, 1.54) is 0 Å². The SMILES string of the molecule is CC(C)(C)CC(C)(O)CC(=O)O. The molecule has 12 heavy (non-hydrogen) atoms. The maximum absolute atomic E-state index is 10.3. The first-order valence-electron chi connectivity index (χ1n) is 4.07. The molecule has 0 aromatic heterocycles. The minimum Gasteiger partial charge on any atom is -0.481 e. The molecule has 0 aliphatic rings. The first-order valence-corrected chi connectivity index (χ1v) is 4.07. The van der Waals surface area contributed by atoms with Crippen molar-refractivity contribution < 1.29 is 15.0 Å². The van der Waals surface area contributed by atoms with Gasteiger partial charge in [0.1, 0.15) is 0 Å². The summed E-state index contributed by atoms with van der Waals surface area (Å²) in [6.07, 6.45) is 0.302. The molecule has 0 radical (unpaired) electrons. The zero-order valence-electron chi connectivity index (χ0n) is 8.22. The van der Waals surface area contributed by atoms with Crippen molar-refractivity contribution in [3.05, 3.63) is 0 Å². The van der Waals surface area contributed by atoms with Crippen LogP contribution in [0.1, 0.15) is 40.5 Å². The highest BCUT2D eigenvalue weighted by Gasteiger charge is 2.29. The van der Waals surface area contributed by atoms with E-state index in [4.69, 9.17) is 5.11 Å². The Balaban J connectivity index is 4.13. The van der Waals surface area contributed by atoms with Gasteiger partial charge >= 0.3 is 5.97 Å². The average Bonchev–Trinajstić information content (AvgIpc) is 1.48. The first kappa shape index (κ1) is 11.4. The van der Waals surface area contributed by atoms with Gasteiger partial charge in [-0.15, -0.1) is 0 Å². The van der Waals surface area contributed by atoms with E-state index in [0.29, 0.717) is 6.42 Å². The molecule has 0 saturated heterocycles. The van der Waals surface area contributed by atoms with Crippen LogP contribution in [0.5, 0.6) is 0 Å². The molecular weight excluding hydrogens is 156 g/mol. The fourth-order valence-electron chi connectivity index (χ4n) is 1.53. The Labute approximate surface area is 73.4 Å². The molecule has 0 aromatic rings. The molecule has 2 N–H and O–H groups in total. The van der Waals surface area contributed by atoms with Gasteiger partial charge in [-0.25, -0.2) is 0 Å². The Morgan fingerprint density at radius 3 is 1.92 bits per heavy atom. The molecule has 0 saturated carbocycles. The van der Waals surface area contributed by atoms with Gasteiger partial charge in [-0.05, 0) is 18.8 Å². The molecule has 0 spiro atoms. The molecule has 0 amide bonds. The summed E-state index contributed by atoms with van der Waals surface area (Å²) in [5.41, 5.74) is -1.14. The fourth-order valence-corrected chi connectivity index (χ4v) is 1.53. The number of carboxylic acid groups (broad SMARTS) is 1. The van der Waals surface area contributed by atoms with Gasteiger partial charge < -0.3 is 10.2 Å². The third kappa shape index (κ3) is 6.16. The summed E-state index contributed by atoms with van der Waals surface area (Å²) in [5.74, 6) is -0.954. The van der Waals surface area contributed by atoms with E-state index in [2.05, 4.69) is 0 Å². The normalized spacial score (nSPS) is 17.1. The Morgan fingerprint density at radius 1 is 1.25 bits per heavy atom. The van der Waals surface area contributed by atoms with Gasteiger partial charge in [0, 0.05) is 0 Å². The van der Waals surface area contributed by atoms with Crippen LogP contribution in [0.2, 0.25) is 0 Å². The molecule has 0 rings (SSSR count). The maximum Gasteiger partial charge on any atom is 0.306 e. The molecule has 0 bridgehead atoms. The predicted molar refractivity (Wildman–Crippen MR) is 46.9 cm³/mol. The number of hydrogen-bond acceptors (Lipinski definition) is 2. The number of carboxylic acids is 1. The predicted octanol–water partition coefficient (Wildman–Crippen LogP) is 1.65. The van der Waals surface area contributed by atoms with Crippen LogP contribution in [0.4, 0.5) is 0 Å². The number of rotatable bonds is 3. The summed E-state index contributed by atoms with van der Waals surface area (Å²) >= 11 is 0. The summed E-state index contributed by atoms with van der Waals surface area (Å²) in [7, 11) is 0. The van der Waals surface area contributed by atoms with Gasteiger partial charge in [-0.3, -0.25) is 4.79 Å². The standard InChI is InChI=1S/C9H18O3/c1-8(2,3)6-9(4,12)5-7(10)11/h12H,5-6H2,1-4H3,(H,10,11). The number of aliphatic hydroxyl groups is 1. The van der Waals surface area contributed by atoms with Crippen molar-refractivity contribution in [2.24, 2.45) is 5.41 Å². The lowest BCUT2D eigenvalue weighted by atomic mass is 9.81. The number of hydrogen-bond donors (Lipinski definition) is 2. The zero-order valence-corrected chi connectivity index (χ0v) is 8.22. The fraction of sp³-hybridized carbons (Fsp3) is 0.889. The van der Waals surface area contributed by atoms with Gasteiger partial charge in [-0.2, -0.15) is 0 Å². The van der Waals surface area contributed by atoms with E-state index >= 15 is 0 Å². The zero-order chi connectivity index (χ0) is 9.99. The van der Waals surface area contributed by atoms with Crippen LogP contribution >= 0.6 is 0 Å². The van der Waals surface area contributed by atoms with Gasteiger partial charge in [0.05, 0.1) is 12.0 Å². The van der Waals surface area contributed by atoms with E-state index < -0.39 is 11.6 Å². The molecule has 72 valence electrons. The van der Waals surface area contributed by atoms with E-state index in [1.807, 2.05) is 20.8 Å². The second-order valence-corrected chi connectivity index (χ2v) is 4.80. The van der Waals surface area contributed by atoms with Gasteiger partial charge in [-0.1, -0.05) is 20.8 Å². The molecule has 0 heterocycles. The van der Waals surface area contributed by atoms with E-state index in [0.717, 1.165) is 0 Å². The van der Waals surface area contributed by atoms with Crippen LogP contribution < -0.4 is 0 Å². The summed E-state index contributed by atoms with van der Waals surface area (Å²) in [6.45, 7) is 7.49. The molecular formula is C9H18O3. The Hall–Kier alpha value is -0.570. The van der Waals surface area contributed by atoms with Gasteiger partial charge in [0.25, 0.3) is 0 Å². The molecule has 0 aliphatic carbocycles. The van der Waals surface area contributed by atoms with Gasteiger partial charge in [0.15, 0.2) is 0 Å². The number of aliphatic carboxylic acids is 1. The minimum absolute atomic E-state index is 0.0427.